The van der Waals surface area contributed by atoms with Crippen LogP contribution in [-0.2, 0) is 13.1 Å². The van der Waals surface area contributed by atoms with Crippen molar-refractivity contribution in [1.29, 1.82) is 5.26 Å². The summed E-state index contributed by atoms with van der Waals surface area (Å²) in [7, 11) is 0. The Bertz CT molecular complexity index is 702. The fourth-order valence-electron chi connectivity index (χ4n) is 3.31. The summed E-state index contributed by atoms with van der Waals surface area (Å²) in [6.45, 7) is 6.50. The molecule has 2 aromatic rings. The van der Waals surface area contributed by atoms with Crippen LogP contribution in [0, 0.1) is 17.2 Å². The van der Waals surface area contributed by atoms with Gasteiger partial charge in [0, 0.05) is 25.8 Å². The highest BCUT2D eigenvalue weighted by molar-refractivity contribution is 5.40. The topological polar surface area (TPSA) is 52.0 Å². The second-order valence-electron chi connectivity index (χ2n) is 6.65. The molecule has 0 spiro atoms. The molecular weight excluding hydrogens is 296 g/mol. The first-order chi connectivity index (χ1) is 11.7. The van der Waals surface area contributed by atoms with Gasteiger partial charge in [0.05, 0.1) is 5.56 Å². The van der Waals surface area contributed by atoms with Gasteiger partial charge in [-0.15, -0.1) is 0 Å². The zero-order valence-electron chi connectivity index (χ0n) is 14.2. The van der Waals surface area contributed by atoms with Crippen molar-refractivity contribution in [3.05, 3.63) is 59.3 Å². The number of piperidine rings is 1. The number of likely N-dealkylation sites (tertiary alicyclic amines) is 1. The molecule has 1 aliphatic heterocycles. The van der Waals surface area contributed by atoms with Gasteiger partial charge < -0.3 is 5.32 Å². The summed E-state index contributed by atoms with van der Waals surface area (Å²) in [6, 6.07) is 14.3. The molecule has 1 aromatic carbocycles. The summed E-state index contributed by atoms with van der Waals surface area (Å²) in [5.74, 6) is 1.60. The first kappa shape index (κ1) is 16.5. The number of hydrogen-bond acceptors (Lipinski definition) is 4. The lowest BCUT2D eigenvalue weighted by Crippen LogP contribution is -2.34. The van der Waals surface area contributed by atoms with E-state index in [1.54, 1.807) is 12.3 Å². The minimum atomic E-state index is 0.583. The molecule has 24 heavy (non-hydrogen) atoms. The second-order valence-corrected chi connectivity index (χ2v) is 6.65. The quantitative estimate of drug-likeness (QED) is 0.910. The maximum Gasteiger partial charge on any atom is 0.126 e. The Labute approximate surface area is 144 Å². The van der Waals surface area contributed by atoms with Crippen LogP contribution < -0.4 is 5.32 Å². The molecule has 0 bridgehead atoms. The summed E-state index contributed by atoms with van der Waals surface area (Å²) < 4.78 is 0. The van der Waals surface area contributed by atoms with Crippen LogP contribution in [0.2, 0.25) is 0 Å². The van der Waals surface area contributed by atoms with Crippen LogP contribution in [-0.4, -0.2) is 23.0 Å². The van der Waals surface area contributed by atoms with Gasteiger partial charge in [0.2, 0.25) is 0 Å². The molecule has 2 heterocycles. The Balaban J connectivity index is 1.64. The molecule has 124 valence electrons. The third kappa shape index (κ3) is 4.33. The minimum absolute atomic E-state index is 0.583. The fourth-order valence-corrected chi connectivity index (χ4v) is 3.31. The number of aromatic nitrogens is 1. The number of benzene rings is 1. The van der Waals surface area contributed by atoms with E-state index in [4.69, 9.17) is 5.26 Å². The number of pyridine rings is 1. The Morgan fingerprint density at radius 2 is 2.08 bits per heavy atom. The monoisotopic (exact) mass is 320 g/mol. The molecule has 1 aliphatic rings. The van der Waals surface area contributed by atoms with E-state index in [0.29, 0.717) is 5.56 Å². The lowest BCUT2D eigenvalue weighted by atomic mass is 9.99. The van der Waals surface area contributed by atoms with Crippen molar-refractivity contribution in [3.63, 3.8) is 0 Å². The maximum absolute atomic E-state index is 8.83. The first-order valence-corrected chi connectivity index (χ1v) is 8.64. The van der Waals surface area contributed by atoms with Gasteiger partial charge in [0.15, 0.2) is 0 Å². The highest BCUT2D eigenvalue weighted by Crippen LogP contribution is 2.20. The van der Waals surface area contributed by atoms with E-state index >= 15 is 0 Å². The number of nitrogens with zero attached hydrogens (tertiary/aromatic N) is 3. The summed E-state index contributed by atoms with van der Waals surface area (Å²) in [4.78, 5) is 6.84. The van der Waals surface area contributed by atoms with Crippen LogP contribution in [0.4, 0.5) is 5.82 Å². The average molecular weight is 320 g/mol. The number of hydrogen-bond donors (Lipinski definition) is 1. The molecule has 1 saturated heterocycles. The number of rotatable bonds is 5. The summed E-state index contributed by atoms with van der Waals surface area (Å²) in [5, 5.41) is 12.2. The molecule has 1 unspecified atom stereocenters. The highest BCUT2D eigenvalue weighted by atomic mass is 15.1. The molecule has 0 saturated carbocycles. The van der Waals surface area contributed by atoms with Gasteiger partial charge in [-0.05, 0) is 48.6 Å². The van der Waals surface area contributed by atoms with Crippen molar-refractivity contribution in [3.8, 4) is 6.07 Å². The van der Waals surface area contributed by atoms with Gasteiger partial charge in [-0.25, -0.2) is 4.98 Å². The van der Waals surface area contributed by atoms with E-state index in [0.717, 1.165) is 24.8 Å². The van der Waals surface area contributed by atoms with Crippen molar-refractivity contribution < 1.29 is 0 Å². The van der Waals surface area contributed by atoms with Crippen LogP contribution >= 0.6 is 0 Å². The zero-order valence-corrected chi connectivity index (χ0v) is 14.2. The largest absolute Gasteiger partial charge is 0.366 e. The van der Waals surface area contributed by atoms with Gasteiger partial charge in [0.25, 0.3) is 0 Å². The van der Waals surface area contributed by atoms with Crippen molar-refractivity contribution in [2.24, 2.45) is 5.92 Å². The molecular formula is C20H24N4. The van der Waals surface area contributed by atoms with Gasteiger partial charge in [-0.3, -0.25) is 4.90 Å². The SMILES string of the molecule is CC1CCCN(Cc2ccccc2CNc2ccc(C#N)cn2)C1. The number of nitriles is 1. The van der Waals surface area contributed by atoms with E-state index in [1.807, 2.05) is 6.07 Å². The van der Waals surface area contributed by atoms with E-state index in [2.05, 4.69) is 52.5 Å². The van der Waals surface area contributed by atoms with Crippen molar-refractivity contribution in [2.75, 3.05) is 18.4 Å². The Morgan fingerprint density at radius 3 is 2.79 bits per heavy atom. The Kier molecular flexibility index (Phi) is 5.45. The van der Waals surface area contributed by atoms with Crippen LogP contribution in [0.1, 0.15) is 36.5 Å². The molecule has 1 fully saturated rings. The Morgan fingerprint density at radius 1 is 1.25 bits per heavy atom. The van der Waals surface area contributed by atoms with Crippen LogP contribution in [0.15, 0.2) is 42.6 Å². The Hall–Kier alpha value is -2.38. The normalized spacial score (nSPS) is 18.1. The predicted octanol–water partition coefficient (Wildman–Crippen LogP) is 3.80. The molecule has 4 heteroatoms. The molecule has 0 radical (unpaired) electrons. The van der Waals surface area contributed by atoms with Crippen LogP contribution in [0.5, 0.6) is 0 Å². The summed E-state index contributed by atoms with van der Waals surface area (Å²) >= 11 is 0. The van der Waals surface area contributed by atoms with Crippen molar-refractivity contribution in [1.82, 2.24) is 9.88 Å². The lowest BCUT2D eigenvalue weighted by Gasteiger charge is -2.31. The average Bonchev–Trinajstić information content (AvgIpc) is 2.61. The second kappa shape index (κ2) is 7.94. The highest BCUT2D eigenvalue weighted by Gasteiger charge is 2.17. The van der Waals surface area contributed by atoms with Gasteiger partial charge in [0.1, 0.15) is 11.9 Å². The van der Waals surface area contributed by atoms with Crippen molar-refractivity contribution >= 4 is 5.82 Å². The molecule has 0 amide bonds. The van der Waals surface area contributed by atoms with Gasteiger partial charge in [-0.2, -0.15) is 5.26 Å². The smallest absolute Gasteiger partial charge is 0.126 e. The molecule has 1 aromatic heterocycles. The molecule has 1 N–H and O–H groups in total. The molecule has 0 aliphatic carbocycles. The van der Waals surface area contributed by atoms with E-state index < -0.39 is 0 Å². The van der Waals surface area contributed by atoms with E-state index in [9.17, 15) is 0 Å². The number of nitrogens with one attached hydrogen (secondary N) is 1. The fraction of sp³-hybridized carbons (Fsp3) is 0.400. The predicted molar refractivity (Wildman–Crippen MR) is 96.4 cm³/mol. The lowest BCUT2D eigenvalue weighted by molar-refractivity contribution is 0.176. The zero-order chi connectivity index (χ0) is 16.8. The standard InChI is InChI=1S/C20H24N4/c1-16-5-4-10-24(14-16)15-19-7-3-2-6-18(19)13-23-20-9-8-17(11-21)12-22-20/h2-3,6-9,12,16H,4-5,10,13-15H2,1H3,(H,22,23). The summed E-state index contributed by atoms with van der Waals surface area (Å²) in [6.07, 6.45) is 4.25. The summed E-state index contributed by atoms with van der Waals surface area (Å²) in [5.41, 5.74) is 3.27. The van der Waals surface area contributed by atoms with Crippen LogP contribution in [0.25, 0.3) is 0 Å². The van der Waals surface area contributed by atoms with E-state index in [1.165, 1.54) is 37.1 Å². The number of anilines is 1. The minimum Gasteiger partial charge on any atom is -0.366 e. The van der Waals surface area contributed by atoms with Crippen molar-refractivity contribution in [2.45, 2.75) is 32.9 Å². The van der Waals surface area contributed by atoms with Gasteiger partial charge in [-0.1, -0.05) is 31.2 Å². The third-order valence-electron chi connectivity index (χ3n) is 4.61. The van der Waals surface area contributed by atoms with E-state index in [-0.39, 0.29) is 0 Å². The molecule has 4 nitrogen and oxygen atoms in total. The van der Waals surface area contributed by atoms with Crippen LogP contribution in [0.3, 0.4) is 0 Å². The third-order valence-corrected chi connectivity index (χ3v) is 4.61. The maximum atomic E-state index is 8.83. The molecule has 1 atom stereocenters. The molecule has 3 rings (SSSR count). The first-order valence-electron chi connectivity index (χ1n) is 8.64. The van der Waals surface area contributed by atoms with Gasteiger partial charge >= 0.3 is 0 Å².